The van der Waals surface area contributed by atoms with Crippen molar-refractivity contribution in [2.24, 2.45) is 10.9 Å². The maximum Gasteiger partial charge on any atom is 0.336 e. The molecule has 1 fully saturated rings. The first kappa shape index (κ1) is 29.7. The number of aliphatic carboxylic acids is 1. The first-order valence-electron chi connectivity index (χ1n) is 14.5. The number of nitrogens with one attached hydrogen (secondary N) is 1. The Morgan fingerprint density at radius 2 is 2.05 bits per heavy atom. The highest BCUT2D eigenvalue weighted by Crippen LogP contribution is 2.43. The molecule has 0 saturated carbocycles. The molecule has 14 nitrogen and oxygen atoms in total. The van der Waals surface area contributed by atoms with Gasteiger partial charge in [-0.3, -0.25) is 9.58 Å². The van der Waals surface area contributed by atoms with Crippen LogP contribution in [0.15, 0.2) is 41.2 Å². The van der Waals surface area contributed by atoms with Gasteiger partial charge in [0.25, 0.3) is 0 Å². The van der Waals surface area contributed by atoms with E-state index < -0.39 is 12.1 Å². The zero-order valence-corrected chi connectivity index (χ0v) is 25.9. The fourth-order valence-electron chi connectivity index (χ4n) is 5.52. The molecule has 3 aliphatic heterocycles. The third kappa shape index (κ3) is 5.77. The van der Waals surface area contributed by atoms with Crippen molar-refractivity contribution in [2.75, 3.05) is 48.6 Å². The number of anilines is 4. The lowest BCUT2D eigenvalue weighted by Gasteiger charge is -2.41. The van der Waals surface area contributed by atoms with E-state index in [1.165, 1.54) is 6.20 Å². The molecule has 44 heavy (non-hydrogen) atoms. The van der Waals surface area contributed by atoms with E-state index in [0.717, 1.165) is 60.5 Å². The molecule has 3 aromatic rings. The van der Waals surface area contributed by atoms with Crippen LogP contribution in [0.5, 0.6) is 0 Å². The Morgan fingerprint density at radius 1 is 1.23 bits per heavy atom. The zero-order valence-electron chi connectivity index (χ0n) is 25.1. The Kier molecular flexibility index (Phi) is 8.33. The van der Waals surface area contributed by atoms with Crippen LogP contribution in [0, 0.1) is 19.8 Å². The number of aryl methyl sites for hydroxylation is 3. The van der Waals surface area contributed by atoms with Gasteiger partial charge in [-0.05, 0) is 38.0 Å². The zero-order chi connectivity index (χ0) is 31.0. The summed E-state index contributed by atoms with van der Waals surface area (Å²) in [6.45, 7) is 9.43. The number of carboxylic acid groups (broad SMARTS) is 1. The first-order valence-corrected chi connectivity index (χ1v) is 15.3. The monoisotopic (exact) mass is 620 g/mol. The van der Waals surface area contributed by atoms with Gasteiger partial charge in [0.2, 0.25) is 5.13 Å². The quantitative estimate of drug-likeness (QED) is 0.212. The van der Waals surface area contributed by atoms with Crippen molar-refractivity contribution in [3.63, 3.8) is 0 Å². The van der Waals surface area contributed by atoms with Crippen LogP contribution in [0.4, 0.5) is 22.6 Å². The molecular formula is C29H36N10O4S. The fourth-order valence-corrected chi connectivity index (χ4v) is 6.20. The molecule has 6 heterocycles. The number of nitrogens with zero attached hydrogens (tertiary/aromatic N) is 9. The van der Waals surface area contributed by atoms with Crippen molar-refractivity contribution in [3.05, 3.63) is 58.8 Å². The van der Waals surface area contributed by atoms with Crippen LogP contribution < -0.4 is 15.1 Å². The summed E-state index contributed by atoms with van der Waals surface area (Å²) in [7, 11) is 1.88. The Morgan fingerprint density at radius 3 is 2.80 bits per heavy atom. The second kappa shape index (κ2) is 12.3. The van der Waals surface area contributed by atoms with E-state index in [9.17, 15) is 15.0 Å². The minimum atomic E-state index is -1.32. The number of aliphatic imine (C=N–C) groups is 1. The third-order valence-corrected chi connectivity index (χ3v) is 8.62. The Labute approximate surface area is 259 Å². The number of aliphatic hydroxyl groups excluding tert-OH is 1. The van der Waals surface area contributed by atoms with E-state index in [1.807, 2.05) is 48.7 Å². The average molecular weight is 621 g/mol. The topological polar surface area (TPSA) is 157 Å². The predicted molar refractivity (Wildman–Crippen MR) is 167 cm³/mol. The molecule has 0 aromatic carbocycles. The van der Waals surface area contributed by atoms with Gasteiger partial charge in [-0.15, -0.1) is 0 Å². The summed E-state index contributed by atoms with van der Waals surface area (Å²) >= 11 is 1.14. The van der Waals surface area contributed by atoms with Gasteiger partial charge in [0.1, 0.15) is 36.3 Å². The van der Waals surface area contributed by atoms with Crippen LogP contribution in [-0.2, 0) is 16.1 Å². The fraction of sp³-hybridized carbons (Fsp3) is 0.448. The van der Waals surface area contributed by atoms with Crippen molar-refractivity contribution in [1.82, 2.24) is 29.0 Å². The highest BCUT2D eigenvalue weighted by Gasteiger charge is 2.36. The van der Waals surface area contributed by atoms with Crippen molar-refractivity contribution in [1.29, 1.82) is 0 Å². The number of rotatable bonds is 11. The lowest BCUT2D eigenvalue weighted by atomic mass is 9.94. The van der Waals surface area contributed by atoms with Crippen molar-refractivity contribution in [3.8, 4) is 0 Å². The molecule has 2 atom stereocenters. The molecule has 232 valence electrons. The summed E-state index contributed by atoms with van der Waals surface area (Å²) in [5.41, 5.74) is 2.14. The summed E-state index contributed by atoms with van der Waals surface area (Å²) in [6.07, 6.45) is 6.39. The Bertz CT molecular complexity index is 1630. The van der Waals surface area contributed by atoms with Gasteiger partial charge in [0, 0.05) is 73.9 Å². The third-order valence-electron chi connectivity index (χ3n) is 7.89. The molecule has 0 spiro atoms. The maximum absolute atomic E-state index is 12.1. The SMILES string of the molecule is CCCn1nc(NCOCC2CN(c3cc(C)c4c(n3)N(c3nc(C5C=CN=CN5C)ns3)C=C(C(=O)O)C4O)C2)cc1C. The molecule has 6 rings (SSSR count). The van der Waals surface area contributed by atoms with Crippen molar-refractivity contribution < 1.29 is 19.7 Å². The van der Waals surface area contributed by atoms with Crippen molar-refractivity contribution >= 4 is 46.4 Å². The van der Waals surface area contributed by atoms with Gasteiger partial charge in [-0.25, -0.2) is 19.8 Å². The highest BCUT2D eigenvalue weighted by molar-refractivity contribution is 7.09. The summed E-state index contributed by atoms with van der Waals surface area (Å²) in [4.78, 5) is 31.5. The smallest absolute Gasteiger partial charge is 0.336 e. The van der Waals surface area contributed by atoms with Crippen LogP contribution in [-0.4, -0.2) is 85.0 Å². The summed E-state index contributed by atoms with van der Waals surface area (Å²) in [5, 5.41) is 29.2. The number of pyridine rings is 1. The molecule has 15 heteroatoms. The molecule has 1 saturated heterocycles. The minimum absolute atomic E-state index is 0.157. The van der Waals surface area contributed by atoms with Crippen LogP contribution in [0.25, 0.3) is 0 Å². The number of hydrogen-bond donors (Lipinski definition) is 3. The maximum atomic E-state index is 12.1. The molecule has 3 aromatic heterocycles. The van der Waals surface area contributed by atoms with Gasteiger partial charge in [0.15, 0.2) is 5.82 Å². The van der Waals surface area contributed by atoms with Crippen molar-refractivity contribution in [2.45, 2.75) is 45.9 Å². The number of carbonyl (C=O) groups is 1. The van der Waals surface area contributed by atoms with E-state index >= 15 is 0 Å². The summed E-state index contributed by atoms with van der Waals surface area (Å²) < 4.78 is 12.4. The van der Waals surface area contributed by atoms with E-state index in [1.54, 1.807) is 17.4 Å². The van der Waals surface area contributed by atoms with Gasteiger partial charge in [-0.2, -0.15) is 9.47 Å². The van der Waals surface area contributed by atoms with Gasteiger partial charge >= 0.3 is 5.97 Å². The van der Waals surface area contributed by atoms with Gasteiger partial charge < -0.3 is 30.1 Å². The number of likely N-dealkylation sites (N-methyl/N-ethyl adjacent to an activating group) is 1. The van der Waals surface area contributed by atoms with Gasteiger partial charge in [-0.1, -0.05) is 6.92 Å². The van der Waals surface area contributed by atoms with Crippen LogP contribution in [0.2, 0.25) is 0 Å². The van der Waals surface area contributed by atoms with E-state index in [-0.39, 0.29) is 11.6 Å². The average Bonchev–Trinajstić information content (AvgIpc) is 3.59. The number of aromatic nitrogens is 5. The Balaban J connectivity index is 1.15. The Hall–Kier alpha value is -4.34. The van der Waals surface area contributed by atoms with Crippen LogP contribution >= 0.6 is 11.5 Å². The molecule has 0 amide bonds. The lowest BCUT2D eigenvalue weighted by Crippen LogP contribution is -2.49. The van der Waals surface area contributed by atoms with E-state index in [2.05, 4.69) is 31.6 Å². The van der Waals surface area contributed by atoms with Crippen LogP contribution in [0.1, 0.15) is 48.1 Å². The number of fused-ring (bicyclic) bond motifs is 1. The molecule has 3 N–H and O–H groups in total. The number of aliphatic hydroxyl groups is 1. The lowest BCUT2D eigenvalue weighted by molar-refractivity contribution is -0.133. The van der Waals surface area contributed by atoms with Crippen LogP contribution in [0.3, 0.4) is 0 Å². The standard InChI is InChI=1S/C29H36N10O4S/c1-5-8-39-18(3)10-22(34-39)31-16-43-14-19-11-37(12-19)23-9-17(2)24-25(40)20(28(41)42)13-38(27(24)32-23)29-33-26(35-44-29)21-6-7-30-15-36(21)4/h6-7,9-10,13,15,19,21,25,40H,5,8,11-12,14,16H2,1-4H3,(H,31,34)(H,41,42). The predicted octanol–water partition coefficient (Wildman–Crippen LogP) is 3.36. The number of ether oxygens (including phenoxy) is 1. The summed E-state index contributed by atoms with van der Waals surface area (Å²) in [5.74, 6) is 1.68. The minimum Gasteiger partial charge on any atom is -0.478 e. The normalized spacial score (nSPS) is 19.7. The molecule has 0 bridgehead atoms. The number of carboxylic acids is 1. The molecular weight excluding hydrogens is 584 g/mol. The second-order valence-electron chi connectivity index (χ2n) is 11.2. The first-order chi connectivity index (χ1) is 21.2. The second-order valence-corrected chi connectivity index (χ2v) is 11.9. The van der Waals surface area contributed by atoms with E-state index in [0.29, 0.717) is 41.6 Å². The summed E-state index contributed by atoms with van der Waals surface area (Å²) in [6, 6.07) is 3.71. The highest BCUT2D eigenvalue weighted by atomic mass is 32.1. The molecule has 0 aliphatic carbocycles. The number of hydrogen-bond acceptors (Lipinski definition) is 13. The van der Waals surface area contributed by atoms with Gasteiger partial charge in [0.05, 0.1) is 18.5 Å². The molecule has 0 radical (unpaired) electrons. The largest absolute Gasteiger partial charge is 0.478 e. The molecule has 2 unspecified atom stereocenters. The van der Waals surface area contributed by atoms with E-state index in [4.69, 9.17) is 14.7 Å². The molecule has 3 aliphatic rings.